The number of carbonyl (C=O) groups excluding carboxylic acids is 1. The number of nitriles is 1. The lowest BCUT2D eigenvalue weighted by molar-refractivity contribution is -0.129. The molecular formula is C18H18N4OS. The Morgan fingerprint density at radius 3 is 2.83 bits per heavy atom. The van der Waals surface area contributed by atoms with E-state index in [2.05, 4.69) is 17.5 Å². The minimum Gasteiger partial charge on any atom is -0.345 e. The van der Waals surface area contributed by atoms with Crippen molar-refractivity contribution in [1.82, 2.24) is 10.2 Å². The number of nitrogens with one attached hydrogen (secondary N) is 2. The summed E-state index contributed by atoms with van der Waals surface area (Å²) in [5, 5.41) is 20.2. The molecule has 0 unspecified atom stereocenters. The van der Waals surface area contributed by atoms with Gasteiger partial charge in [0.05, 0.1) is 23.6 Å². The van der Waals surface area contributed by atoms with Crippen LogP contribution >= 0.6 is 11.3 Å². The van der Waals surface area contributed by atoms with Crippen LogP contribution in [0.2, 0.25) is 0 Å². The van der Waals surface area contributed by atoms with Crippen LogP contribution in [-0.2, 0) is 10.3 Å². The summed E-state index contributed by atoms with van der Waals surface area (Å²) in [4.78, 5) is 15.6. The van der Waals surface area contributed by atoms with Gasteiger partial charge in [-0.2, -0.15) is 5.26 Å². The van der Waals surface area contributed by atoms with Gasteiger partial charge in [-0.3, -0.25) is 15.1 Å². The molecule has 0 radical (unpaired) electrons. The molecule has 1 aliphatic rings. The minimum absolute atomic E-state index is 0.0691. The number of rotatable bonds is 2. The normalized spacial score (nSPS) is 20.7. The maximum absolute atomic E-state index is 12.2. The maximum Gasteiger partial charge on any atom is 0.231 e. The molecule has 24 heavy (non-hydrogen) atoms. The number of hydrogen-bond donors (Lipinski definition) is 2. The van der Waals surface area contributed by atoms with Crippen molar-refractivity contribution in [3.8, 4) is 16.5 Å². The van der Waals surface area contributed by atoms with Crippen molar-refractivity contribution < 1.29 is 4.79 Å². The van der Waals surface area contributed by atoms with E-state index in [1.54, 1.807) is 24.5 Å². The molecule has 0 aliphatic carbocycles. The number of hydrogen-bond acceptors (Lipinski definition) is 4. The molecule has 1 fully saturated rings. The molecule has 6 heteroatoms. The first-order valence-electron chi connectivity index (χ1n) is 7.59. The minimum atomic E-state index is -0.582. The van der Waals surface area contributed by atoms with Crippen LogP contribution in [-0.4, -0.2) is 23.8 Å². The van der Waals surface area contributed by atoms with E-state index in [9.17, 15) is 4.79 Å². The van der Waals surface area contributed by atoms with Gasteiger partial charge in [-0.1, -0.05) is 12.1 Å². The molecule has 122 valence electrons. The van der Waals surface area contributed by atoms with Crippen LogP contribution in [0.4, 0.5) is 0 Å². The van der Waals surface area contributed by atoms with E-state index in [4.69, 9.17) is 10.7 Å². The molecule has 0 spiro atoms. The fourth-order valence-corrected chi connectivity index (χ4v) is 4.12. The van der Waals surface area contributed by atoms with Gasteiger partial charge < -0.3 is 5.32 Å². The summed E-state index contributed by atoms with van der Waals surface area (Å²) in [5.41, 5.74) is 2.15. The van der Waals surface area contributed by atoms with Crippen LogP contribution in [0, 0.1) is 23.7 Å². The van der Waals surface area contributed by atoms with Gasteiger partial charge in [0.15, 0.2) is 5.96 Å². The Hall–Kier alpha value is -2.65. The highest BCUT2D eigenvalue weighted by molar-refractivity contribution is 7.15. The van der Waals surface area contributed by atoms with Crippen LogP contribution in [0.25, 0.3) is 10.4 Å². The summed E-state index contributed by atoms with van der Waals surface area (Å²) in [6, 6.07) is 11.8. The Morgan fingerprint density at radius 1 is 1.42 bits per heavy atom. The fraction of sp³-hybridized carbons (Fsp3) is 0.278. The molecule has 2 heterocycles. The predicted octanol–water partition coefficient (Wildman–Crippen LogP) is 3.20. The highest BCUT2D eigenvalue weighted by Crippen LogP contribution is 2.40. The van der Waals surface area contributed by atoms with Crippen LogP contribution < -0.4 is 5.32 Å². The van der Waals surface area contributed by atoms with E-state index in [-0.39, 0.29) is 11.9 Å². The number of aryl methyl sites for hydroxylation is 1. The Kier molecular flexibility index (Phi) is 3.90. The first-order valence-corrected chi connectivity index (χ1v) is 8.40. The third kappa shape index (κ3) is 2.68. The Morgan fingerprint density at radius 2 is 2.17 bits per heavy atom. The molecule has 0 saturated carbocycles. The first-order chi connectivity index (χ1) is 11.3. The van der Waals surface area contributed by atoms with Gasteiger partial charge in [0.1, 0.15) is 0 Å². The quantitative estimate of drug-likeness (QED) is 0.882. The molecule has 0 bridgehead atoms. The van der Waals surface area contributed by atoms with Crippen LogP contribution in [0.15, 0.2) is 30.3 Å². The average Bonchev–Trinajstić information content (AvgIpc) is 2.95. The van der Waals surface area contributed by atoms with E-state index in [1.165, 1.54) is 4.90 Å². The van der Waals surface area contributed by atoms with Crippen molar-refractivity contribution in [1.29, 1.82) is 10.7 Å². The zero-order chi connectivity index (χ0) is 17.5. The molecule has 2 aromatic rings. The second-order valence-corrected chi connectivity index (χ2v) is 7.30. The number of nitrogens with zero attached hydrogens (tertiary/aromatic N) is 2. The highest BCUT2D eigenvalue weighted by atomic mass is 32.1. The second-order valence-electron chi connectivity index (χ2n) is 6.25. The van der Waals surface area contributed by atoms with Gasteiger partial charge in [0.25, 0.3) is 0 Å². The van der Waals surface area contributed by atoms with Gasteiger partial charge in [-0.25, -0.2) is 0 Å². The number of benzene rings is 1. The van der Waals surface area contributed by atoms with E-state index in [1.807, 2.05) is 32.0 Å². The molecule has 1 atom stereocenters. The SMILES string of the molecule is Cc1cc([C@@]2(C)CC(=O)N(C)C(=N)N2)sc1-c1cccc(C#N)c1. The van der Waals surface area contributed by atoms with Crippen molar-refractivity contribution in [2.24, 2.45) is 0 Å². The predicted molar refractivity (Wildman–Crippen MR) is 94.8 cm³/mol. The second kappa shape index (κ2) is 5.77. The van der Waals surface area contributed by atoms with Gasteiger partial charge in [0.2, 0.25) is 5.91 Å². The molecule has 2 N–H and O–H groups in total. The number of amides is 1. The molecule has 1 aromatic carbocycles. The molecule has 5 nitrogen and oxygen atoms in total. The zero-order valence-corrected chi connectivity index (χ0v) is 14.6. The largest absolute Gasteiger partial charge is 0.345 e. The van der Waals surface area contributed by atoms with Crippen molar-refractivity contribution in [3.63, 3.8) is 0 Å². The average molecular weight is 338 g/mol. The molecule has 1 aromatic heterocycles. The highest BCUT2D eigenvalue weighted by Gasteiger charge is 2.39. The Bertz CT molecular complexity index is 859. The molecule has 3 rings (SSSR count). The third-order valence-corrected chi connectivity index (χ3v) is 5.87. The van der Waals surface area contributed by atoms with Crippen molar-refractivity contribution in [2.75, 3.05) is 7.05 Å². The topological polar surface area (TPSA) is 80.0 Å². The first kappa shape index (κ1) is 16.2. The van der Waals surface area contributed by atoms with Crippen molar-refractivity contribution >= 4 is 23.2 Å². The van der Waals surface area contributed by atoms with E-state index >= 15 is 0 Å². The van der Waals surface area contributed by atoms with Crippen LogP contribution in [0.5, 0.6) is 0 Å². The zero-order valence-electron chi connectivity index (χ0n) is 13.8. The number of carbonyl (C=O) groups is 1. The van der Waals surface area contributed by atoms with E-state index in [0.717, 1.165) is 20.9 Å². The Balaban J connectivity index is 2.01. The van der Waals surface area contributed by atoms with Gasteiger partial charge in [-0.05, 0) is 43.2 Å². The van der Waals surface area contributed by atoms with Gasteiger partial charge in [-0.15, -0.1) is 11.3 Å². The lowest BCUT2D eigenvalue weighted by Crippen LogP contribution is -2.57. The van der Waals surface area contributed by atoms with Crippen LogP contribution in [0.3, 0.4) is 0 Å². The summed E-state index contributed by atoms with van der Waals surface area (Å²) in [6.07, 6.45) is 0.309. The molecule has 1 saturated heterocycles. The lowest BCUT2D eigenvalue weighted by atomic mass is 9.92. The van der Waals surface area contributed by atoms with E-state index < -0.39 is 5.54 Å². The maximum atomic E-state index is 12.2. The van der Waals surface area contributed by atoms with Gasteiger partial charge >= 0.3 is 0 Å². The summed E-state index contributed by atoms with van der Waals surface area (Å²) in [7, 11) is 1.61. The monoisotopic (exact) mass is 338 g/mol. The summed E-state index contributed by atoms with van der Waals surface area (Å²) < 4.78 is 0. The van der Waals surface area contributed by atoms with Crippen molar-refractivity contribution in [2.45, 2.75) is 25.8 Å². The van der Waals surface area contributed by atoms with Crippen molar-refractivity contribution in [3.05, 3.63) is 46.3 Å². The summed E-state index contributed by atoms with van der Waals surface area (Å²) in [6.45, 7) is 3.98. The summed E-state index contributed by atoms with van der Waals surface area (Å²) >= 11 is 1.60. The number of thiophene rings is 1. The van der Waals surface area contributed by atoms with Gasteiger partial charge in [0, 0.05) is 16.8 Å². The molecule has 1 aliphatic heterocycles. The van der Waals surface area contributed by atoms with E-state index in [0.29, 0.717) is 12.0 Å². The Labute approximate surface area is 145 Å². The molecular weight excluding hydrogens is 320 g/mol. The molecule has 1 amide bonds. The van der Waals surface area contributed by atoms with Crippen LogP contribution in [0.1, 0.15) is 29.3 Å². The standard InChI is InChI=1S/C18H18N4OS/c1-11-7-14(18(2)9-15(23)22(3)17(20)21-18)24-16(11)13-6-4-5-12(8-13)10-19/h4-8H,9H2,1-3H3,(H2,20,21)/t18-/m1/s1. The fourth-order valence-electron chi connectivity index (χ4n) is 2.85. The number of guanidine groups is 1. The third-order valence-electron chi connectivity index (χ3n) is 4.32. The summed E-state index contributed by atoms with van der Waals surface area (Å²) in [5.74, 6) is 0.0492. The lowest BCUT2D eigenvalue weighted by Gasteiger charge is -2.38. The smallest absolute Gasteiger partial charge is 0.231 e.